The summed E-state index contributed by atoms with van der Waals surface area (Å²) in [5.74, 6) is -0.833. The molecular weight excluding hydrogens is 154 g/mol. The Bertz CT molecular complexity index is 62.8. The molecule has 0 rings (SSSR count). The molecule has 6 heteroatoms. The minimum absolute atomic E-state index is 0. The van der Waals surface area contributed by atoms with Crippen LogP contribution in [0, 0.1) is 0 Å². The summed E-state index contributed by atoms with van der Waals surface area (Å²) in [4.78, 5) is 17.4. The van der Waals surface area contributed by atoms with Gasteiger partial charge in [0.05, 0.1) is 0 Å². The van der Waals surface area contributed by atoms with Crippen LogP contribution in [0.25, 0.3) is 0 Å². The molecule has 0 unspecified atom stereocenters. The van der Waals surface area contributed by atoms with E-state index in [1.807, 2.05) is 0 Å². The van der Waals surface area contributed by atoms with Crippen molar-refractivity contribution in [2.45, 2.75) is 6.92 Å². The molecule has 5 N–H and O–H groups in total. The van der Waals surface area contributed by atoms with Crippen LogP contribution in [0.3, 0.4) is 0 Å². The van der Waals surface area contributed by atoms with Gasteiger partial charge in [0.15, 0.2) is 0 Å². The number of hydrogen-bond acceptors (Lipinski definition) is 3. The van der Waals surface area contributed by atoms with Gasteiger partial charge in [0.1, 0.15) is 0 Å². The molecule has 0 atom stereocenters. The van der Waals surface area contributed by atoms with Crippen molar-refractivity contribution in [2.75, 3.05) is 0 Å². The van der Waals surface area contributed by atoms with Gasteiger partial charge in [-0.25, -0.2) is 0 Å². The van der Waals surface area contributed by atoms with Crippen molar-refractivity contribution in [2.24, 2.45) is 0 Å². The molecule has 0 aromatic heterocycles. The Morgan fingerprint density at radius 3 is 1.56 bits per heavy atom. The van der Waals surface area contributed by atoms with E-state index in [-0.39, 0.29) is 50.4 Å². The van der Waals surface area contributed by atoms with Crippen molar-refractivity contribution < 1.29 is 19.8 Å². The molecule has 0 spiro atoms. The van der Waals surface area contributed by atoms with Gasteiger partial charge in [-0.2, -0.15) is 0 Å². The molecule has 0 aromatic carbocycles. The molecule has 0 saturated heterocycles. The zero-order valence-corrected chi connectivity index (χ0v) is 4.50. The average molecular weight is 165 g/mol. The molecule has 0 fully saturated rings. The molecule has 0 bridgehead atoms. The molecule has 0 aliphatic heterocycles. The number of aliphatic carboxylic acids is 1. The second-order valence-electron chi connectivity index (χ2n) is 0.624. The van der Waals surface area contributed by atoms with Crippen molar-refractivity contribution in [1.82, 2.24) is 6.15 Å². The van der Waals surface area contributed by atoms with Crippen LogP contribution < -0.4 is 6.15 Å². The van der Waals surface area contributed by atoms with Crippen molar-refractivity contribution in [3.63, 3.8) is 0 Å². The van der Waals surface area contributed by atoms with E-state index < -0.39 is 5.97 Å². The fourth-order valence-electron chi connectivity index (χ4n) is 0. The first-order valence-corrected chi connectivity index (χ1v) is 1.42. The van der Waals surface area contributed by atoms with Gasteiger partial charge in [-0.3, -0.25) is 9.59 Å². The second-order valence-corrected chi connectivity index (χ2v) is 0.624. The van der Waals surface area contributed by atoms with Crippen LogP contribution in [-0.4, -0.2) is 60.4 Å². The maximum atomic E-state index is 9.00. The van der Waals surface area contributed by atoms with Gasteiger partial charge in [0.25, 0.3) is 12.4 Å². The van der Waals surface area contributed by atoms with Gasteiger partial charge in [-0.05, 0) is 0 Å². The summed E-state index contributed by atoms with van der Waals surface area (Å²) in [7, 11) is 0. The van der Waals surface area contributed by atoms with E-state index in [4.69, 9.17) is 19.8 Å². The number of carboxylic acid groups (broad SMARTS) is 2. The Morgan fingerprint density at radius 2 is 1.56 bits per heavy atom. The van der Waals surface area contributed by atoms with Gasteiger partial charge >= 0.3 is 37.7 Å². The Hall–Kier alpha value is 0.160. The summed E-state index contributed by atoms with van der Waals surface area (Å²) in [5, 5.41) is 14.3. The molecule has 0 amide bonds. The van der Waals surface area contributed by atoms with Crippen molar-refractivity contribution in [3.05, 3.63) is 0 Å². The van der Waals surface area contributed by atoms with Crippen LogP contribution >= 0.6 is 0 Å². The number of rotatable bonds is 0. The fraction of sp³-hybridized carbons (Fsp3) is 0.333. The first-order chi connectivity index (χ1) is 3.15. The number of hydrogen-bond donors (Lipinski definition) is 3. The quantitative estimate of drug-likeness (QED) is 0.316. The average Bonchev–Trinajstić information content (AvgIpc) is 1.33. The molecule has 0 saturated carbocycles. The Morgan fingerprint density at radius 1 is 1.56 bits per heavy atom. The number of carbonyl (C=O) groups is 2. The third-order valence-corrected chi connectivity index (χ3v) is 0. The summed E-state index contributed by atoms with van der Waals surface area (Å²) in [5.41, 5.74) is 0. The van der Waals surface area contributed by atoms with Gasteiger partial charge < -0.3 is 16.4 Å². The van der Waals surface area contributed by atoms with E-state index in [0.29, 0.717) is 0 Å². The van der Waals surface area contributed by atoms with Crippen molar-refractivity contribution in [3.8, 4) is 0 Å². The van der Waals surface area contributed by atoms with Crippen LogP contribution in [0.2, 0.25) is 0 Å². The molecule has 0 radical (unpaired) electrons. The van der Waals surface area contributed by atoms with E-state index in [1.165, 1.54) is 0 Å². The Labute approximate surface area is 82.6 Å². The summed E-state index contributed by atoms with van der Waals surface area (Å²) in [6, 6.07) is 0. The van der Waals surface area contributed by atoms with Gasteiger partial charge in [0.2, 0.25) is 0 Å². The van der Waals surface area contributed by atoms with E-state index in [2.05, 4.69) is 0 Å². The van der Waals surface area contributed by atoms with Gasteiger partial charge in [-0.15, -0.1) is 0 Å². The van der Waals surface area contributed by atoms with Crippen LogP contribution in [0.4, 0.5) is 0 Å². The third kappa shape index (κ3) is 12100. The van der Waals surface area contributed by atoms with E-state index >= 15 is 0 Å². The van der Waals surface area contributed by atoms with Crippen molar-refractivity contribution in [1.29, 1.82) is 0 Å². The van der Waals surface area contributed by atoms with Gasteiger partial charge in [0, 0.05) is 6.92 Å². The molecule has 0 aliphatic carbocycles. The van der Waals surface area contributed by atoms with Crippen LogP contribution in [0.15, 0.2) is 0 Å². The fourth-order valence-corrected chi connectivity index (χ4v) is 0. The van der Waals surface area contributed by atoms with Crippen LogP contribution in [0.1, 0.15) is 6.92 Å². The summed E-state index contributed by atoms with van der Waals surface area (Å²) in [6.07, 6.45) is 0. The monoisotopic (exact) mass is 165 g/mol. The summed E-state index contributed by atoms with van der Waals surface area (Å²) >= 11 is 0. The number of carboxylic acids is 1. The normalized spacial score (nSPS) is 4.11. The predicted octanol–water partition coefficient (Wildman–Crippen LogP) is -0.963. The molecule has 0 heterocycles. The topological polar surface area (TPSA) is 110 Å². The second kappa shape index (κ2) is 24.2. The first-order valence-electron chi connectivity index (χ1n) is 1.42. The predicted molar refractivity (Wildman–Crippen MR) is 35.6 cm³/mol. The molecule has 5 nitrogen and oxygen atoms in total. The Kier molecular flexibility index (Phi) is 61.5. The third-order valence-electron chi connectivity index (χ3n) is 0. The maximum absolute atomic E-state index is 9.00. The van der Waals surface area contributed by atoms with E-state index in [9.17, 15) is 0 Å². The first kappa shape index (κ1) is 22.9. The zero-order valence-electron chi connectivity index (χ0n) is 4.50. The SMILES string of the molecule is CC(=O)O.N.O=CO.[CaH2]. The molecule has 0 aromatic rings. The van der Waals surface area contributed by atoms with Gasteiger partial charge in [-0.1, -0.05) is 0 Å². The molecule has 54 valence electrons. The van der Waals surface area contributed by atoms with Crippen LogP contribution in [0.5, 0.6) is 0 Å². The Balaban J connectivity index is -0.0000000233. The summed E-state index contributed by atoms with van der Waals surface area (Å²) < 4.78 is 0. The summed E-state index contributed by atoms with van der Waals surface area (Å²) in [6.45, 7) is 0.833. The van der Waals surface area contributed by atoms with Crippen molar-refractivity contribution >= 4 is 50.2 Å². The standard InChI is InChI=1S/C2H4O2.CH2O2.Ca.H3N.2H/c1-2(3)4;2-1-3;;;;/h1H3,(H,3,4);1H,(H,2,3);;1H3;;. The molecule has 0 aliphatic rings. The van der Waals surface area contributed by atoms with E-state index in [1.54, 1.807) is 0 Å². The molecule has 9 heavy (non-hydrogen) atoms. The molecular formula is C3H11CaNO4. The minimum atomic E-state index is -0.833. The zero-order chi connectivity index (χ0) is 6.28. The van der Waals surface area contributed by atoms with Crippen LogP contribution in [-0.2, 0) is 9.59 Å². The van der Waals surface area contributed by atoms with E-state index in [0.717, 1.165) is 6.92 Å².